The van der Waals surface area contributed by atoms with E-state index in [1.165, 1.54) is 0 Å². The Morgan fingerprint density at radius 2 is 1.88 bits per heavy atom. The van der Waals surface area contributed by atoms with Crippen molar-refractivity contribution in [3.63, 3.8) is 0 Å². The lowest BCUT2D eigenvalue weighted by Gasteiger charge is -2.28. The second-order valence-corrected chi connectivity index (χ2v) is 8.94. The number of aliphatic imine (C=N–C) groups is 1. The van der Waals surface area contributed by atoms with E-state index in [0.29, 0.717) is 12.3 Å². The number of carbonyl (C=O) groups is 1. The molecule has 1 fully saturated rings. The summed E-state index contributed by atoms with van der Waals surface area (Å²) in [5, 5.41) is 11.0. The number of allylic oxidation sites excluding steroid dienone is 1. The molecule has 4 rings (SSSR count). The molecule has 1 amide bonds. The van der Waals surface area contributed by atoms with Gasteiger partial charge in [-0.15, -0.1) is 0 Å². The van der Waals surface area contributed by atoms with Crippen molar-refractivity contribution in [3.05, 3.63) is 71.4 Å². The molecule has 6 nitrogen and oxygen atoms in total. The minimum atomic E-state index is -0.754. The predicted molar refractivity (Wildman–Crippen MR) is 139 cm³/mol. The Morgan fingerprint density at radius 3 is 2.56 bits per heavy atom. The molecule has 2 aliphatic heterocycles. The minimum absolute atomic E-state index is 0.106. The summed E-state index contributed by atoms with van der Waals surface area (Å²) in [6.45, 7) is 6.48. The van der Waals surface area contributed by atoms with Crippen LogP contribution in [0, 0.1) is 0 Å². The molecule has 1 atom stereocenters. The van der Waals surface area contributed by atoms with Crippen LogP contribution < -0.4 is 5.73 Å². The van der Waals surface area contributed by atoms with Crippen molar-refractivity contribution in [3.8, 4) is 11.1 Å². The molecule has 0 saturated carbocycles. The Balaban J connectivity index is 1.59. The first-order valence-electron chi connectivity index (χ1n) is 12.1. The molecule has 178 valence electrons. The van der Waals surface area contributed by atoms with E-state index >= 15 is 0 Å². The molecule has 3 N–H and O–H groups in total. The summed E-state index contributed by atoms with van der Waals surface area (Å²) in [5.41, 5.74) is 11.5. The van der Waals surface area contributed by atoms with Crippen molar-refractivity contribution >= 4 is 23.5 Å². The fourth-order valence-corrected chi connectivity index (χ4v) is 4.61. The maximum absolute atomic E-state index is 12.6. The van der Waals surface area contributed by atoms with Crippen LogP contribution in [-0.4, -0.2) is 52.5 Å². The van der Waals surface area contributed by atoms with Gasteiger partial charge in [-0.1, -0.05) is 37.3 Å². The molecule has 0 aromatic heterocycles. The first kappa shape index (κ1) is 23.8. The number of carbonyl (C=O) groups excluding carboxylic acids is 1. The topological polar surface area (TPSA) is 82.2 Å². The number of nitrogens with two attached hydrogens (primary N) is 1. The summed E-state index contributed by atoms with van der Waals surface area (Å²) in [6, 6.07) is 13.8. The van der Waals surface area contributed by atoms with Gasteiger partial charge >= 0.3 is 0 Å². The van der Waals surface area contributed by atoms with E-state index in [-0.39, 0.29) is 5.91 Å². The molecular weight excluding hydrogens is 424 g/mol. The molecule has 2 aromatic rings. The average molecular weight is 459 g/mol. The smallest absolute Gasteiger partial charge is 0.253 e. The van der Waals surface area contributed by atoms with Crippen LogP contribution in [0.4, 0.5) is 5.69 Å². The summed E-state index contributed by atoms with van der Waals surface area (Å²) in [6.07, 6.45) is 8.60. The van der Waals surface area contributed by atoms with Gasteiger partial charge < -0.3 is 20.6 Å². The summed E-state index contributed by atoms with van der Waals surface area (Å²) in [5.74, 6) is 0.583. The molecule has 2 heterocycles. The number of rotatable bonds is 7. The Labute approximate surface area is 202 Å². The number of fused-ring (bicyclic) bond motifs is 1. The van der Waals surface area contributed by atoms with Gasteiger partial charge in [-0.05, 0) is 73.4 Å². The number of amidine groups is 1. The largest absolute Gasteiger partial charge is 0.387 e. The SMILES string of the molecule is C/C=C/N(CCC)C(O)C1=Cc2ccc(-c3ccc(C(=O)N4CCCC4)cc3)cc2N=C(N)C1. The van der Waals surface area contributed by atoms with Crippen molar-refractivity contribution < 1.29 is 9.90 Å². The van der Waals surface area contributed by atoms with Crippen LogP contribution in [-0.2, 0) is 0 Å². The minimum Gasteiger partial charge on any atom is -0.387 e. The van der Waals surface area contributed by atoms with Crippen LogP contribution in [0.3, 0.4) is 0 Å². The first-order chi connectivity index (χ1) is 16.5. The first-order valence-corrected chi connectivity index (χ1v) is 12.1. The van der Waals surface area contributed by atoms with Gasteiger partial charge in [0.05, 0.1) is 5.69 Å². The quantitative estimate of drug-likeness (QED) is 0.577. The maximum Gasteiger partial charge on any atom is 0.253 e. The zero-order valence-corrected chi connectivity index (χ0v) is 20.1. The van der Waals surface area contributed by atoms with Gasteiger partial charge in [-0.25, -0.2) is 4.99 Å². The van der Waals surface area contributed by atoms with Crippen LogP contribution in [0.25, 0.3) is 17.2 Å². The average Bonchev–Trinajstić information content (AvgIpc) is 3.33. The highest BCUT2D eigenvalue weighted by Crippen LogP contribution is 2.33. The number of hydrogen-bond donors (Lipinski definition) is 2. The lowest BCUT2D eigenvalue weighted by atomic mass is 9.99. The molecule has 2 aliphatic rings. The van der Waals surface area contributed by atoms with Crippen molar-refractivity contribution in [1.29, 1.82) is 0 Å². The Kier molecular flexibility index (Phi) is 7.48. The zero-order valence-electron chi connectivity index (χ0n) is 20.1. The highest BCUT2D eigenvalue weighted by molar-refractivity contribution is 5.95. The van der Waals surface area contributed by atoms with E-state index < -0.39 is 6.23 Å². The van der Waals surface area contributed by atoms with Crippen molar-refractivity contribution in [1.82, 2.24) is 9.80 Å². The highest BCUT2D eigenvalue weighted by atomic mass is 16.3. The van der Waals surface area contributed by atoms with E-state index in [9.17, 15) is 9.90 Å². The van der Waals surface area contributed by atoms with Crippen molar-refractivity contribution in [2.45, 2.75) is 45.8 Å². The number of hydrogen-bond acceptors (Lipinski definition) is 5. The Morgan fingerprint density at radius 1 is 1.18 bits per heavy atom. The van der Waals surface area contributed by atoms with Gasteiger partial charge in [0.25, 0.3) is 5.91 Å². The van der Waals surface area contributed by atoms with Gasteiger partial charge in [0.15, 0.2) is 0 Å². The van der Waals surface area contributed by atoms with Gasteiger partial charge in [-0.2, -0.15) is 0 Å². The van der Waals surface area contributed by atoms with Gasteiger partial charge in [0.1, 0.15) is 12.1 Å². The van der Waals surface area contributed by atoms with Gasteiger partial charge in [0, 0.05) is 37.2 Å². The summed E-state index contributed by atoms with van der Waals surface area (Å²) < 4.78 is 0. The molecule has 0 spiro atoms. The molecule has 1 saturated heterocycles. The number of aliphatic hydroxyl groups is 1. The molecule has 0 aliphatic carbocycles. The van der Waals surface area contributed by atoms with Crippen molar-refractivity contribution in [2.24, 2.45) is 10.7 Å². The molecule has 34 heavy (non-hydrogen) atoms. The monoisotopic (exact) mass is 458 g/mol. The lowest BCUT2D eigenvalue weighted by molar-refractivity contribution is 0.0690. The summed E-state index contributed by atoms with van der Waals surface area (Å²) in [7, 11) is 0. The normalized spacial score (nSPS) is 16.6. The molecular formula is C28H34N4O2. The Bertz CT molecular complexity index is 1110. The van der Waals surface area contributed by atoms with Crippen LogP contribution in [0.15, 0.2) is 65.3 Å². The van der Waals surface area contributed by atoms with Crippen LogP contribution in [0.1, 0.15) is 55.5 Å². The predicted octanol–water partition coefficient (Wildman–Crippen LogP) is 4.93. The van der Waals surface area contributed by atoms with E-state index in [0.717, 1.165) is 72.4 Å². The molecule has 0 radical (unpaired) electrons. The third-order valence-electron chi connectivity index (χ3n) is 6.35. The summed E-state index contributed by atoms with van der Waals surface area (Å²) >= 11 is 0. The number of nitrogens with zero attached hydrogens (tertiary/aromatic N) is 3. The van der Waals surface area contributed by atoms with E-state index in [1.807, 2.05) is 77.5 Å². The van der Waals surface area contributed by atoms with E-state index in [2.05, 4.69) is 11.9 Å². The lowest BCUT2D eigenvalue weighted by Crippen LogP contribution is -2.34. The van der Waals surface area contributed by atoms with Crippen molar-refractivity contribution in [2.75, 3.05) is 19.6 Å². The fourth-order valence-electron chi connectivity index (χ4n) is 4.61. The molecule has 0 bridgehead atoms. The molecule has 1 unspecified atom stereocenters. The van der Waals surface area contributed by atoms with E-state index in [4.69, 9.17) is 5.73 Å². The third kappa shape index (κ3) is 5.23. The van der Waals surface area contributed by atoms with Gasteiger partial charge in [0.2, 0.25) is 0 Å². The third-order valence-corrected chi connectivity index (χ3v) is 6.35. The second-order valence-electron chi connectivity index (χ2n) is 8.94. The Hall–Kier alpha value is -3.38. The number of likely N-dealkylation sites (tertiary alicyclic amines) is 1. The number of amides is 1. The maximum atomic E-state index is 12.6. The zero-order chi connectivity index (χ0) is 24.1. The highest BCUT2D eigenvalue weighted by Gasteiger charge is 2.21. The van der Waals surface area contributed by atoms with E-state index in [1.54, 1.807) is 0 Å². The van der Waals surface area contributed by atoms with Gasteiger partial charge in [-0.3, -0.25) is 4.79 Å². The van der Waals surface area contributed by atoms with Crippen LogP contribution in [0.5, 0.6) is 0 Å². The fraction of sp³-hybridized carbons (Fsp3) is 0.357. The molecule has 2 aromatic carbocycles. The van der Waals surface area contributed by atoms with Crippen LogP contribution >= 0.6 is 0 Å². The second kappa shape index (κ2) is 10.7. The number of benzene rings is 2. The summed E-state index contributed by atoms with van der Waals surface area (Å²) in [4.78, 5) is 21.1. The molecule has 6 heteroatoms. The standard InChI is InChI=1S/C28H34N4O2/c1-3-13-31(14-4-2)28(34)24-17-23-12-11-22(18-25(23)30-26(29)19-24)20-7-9-21(10-8-20)27(33)32-15-5-6-16-32/h3,7-13,17-18,28,34H,4-6,14-16,19H2,1-2H3,(H2,29,30)/b13-3+. The number of aliphatic hydroxyl groups excluding tert-OH is 1. The van der Waals surface area contributed by atoms with Crippen LogP contribution in [0.2, 0.25) is 0 Å².